The number of nitrogens with zero attached hydrogens (tertiary/aromatic N) is 2. The third-order valence-electron chi connectivity index (χ3n) is 5.65. The number of carbonyl (C=O) groups is 3. The molecule has 1 aromatic carbocycles. The van der Waals surface area contributed by atoms with Crippen LogP contribution in [0.5, 0.6) is 0 Å². The van der Waals surface area contributed by atoms with E-state index in [9.17, 15) is 14.4 Å². The number of likely N-dealkylation sites (tertiary alicyclic amines) is 1. The number of benzene rings is 1. The van der Waals surface area contributed by atoms with Gasteiger partial charge < -0.3 is 5.32 Å². The summed E-state index contributed by atoms with van der Waals surface area (Å²) in [6.07, 6.45) is 3.62. The van der Waals surface area contributed by atoms with E-state index in [1.165, 1.54) is 5.56 Å². The van der Waals surface area contributed by atoms with Crippen molar-refractivity contribution in [2.45, 2.75) is 45.1 Å². The Morgan fingerprint density at radius 2 is 1.89 bits per heavy atom. The van der Waals surface area contributed by atoms with Crippen molar-refractivity contribution in [3.63, 3.8) is 0 Å². The number of hydrazine groups is 1. The summed E-state index contributed by atoms with van der Waals surface area (Å²) in [5.74, 6) is -0.117. The summed E-state index contributed by atoms with van der Waals surface area (Å²) in [6, 6.07) is 9.89. The second-order valence-corrected chi connectivity index (χ2v) is 7.70. The lowest BCUT2D eigenvalue weighted by molar-refractivity contribution is -0.139. The average molecular weight is 372 g/mol. The highest BCUT2D eigenvalue weighted by atomic mass is 16.2. The van der Waals surface area contributed by atoms with Crippen molar-refractivity contribution in [1.82, 2.24) is 20.7 Å². The molecule has 0 bridgehead atoms. The second-order valence-electron chi connectivity index (χ2n) is 7.70. The molecule has 2 saturated heterocycles. The van der Waals surface area contributed by atoms with E-state index in [-0.39, 0.29) is 12.5 Å². The first-order chi connectivity index (χ1) is 12.9. The van der Waals surface area contributed by atoms with E-state index in [1.54, 1.807) is 6.92 Å². The summed E-state index contributed by atoms with van der Waals surface area (Å²) in [6.45, 7) is 5.37. The average Bonchev–Trinajstić information content (AvgIpc) is 2.88. The monoisotopic (exact) mass is 372 g/mol. The quantitative estimate of drug-likeness (QED) is 0.745. The molecule has 2 aliphatic heterocycles. The van der Waals surface area contributed by atoms with Crippen LogP contribution >= 0.6 is 0 Å². The molecule has 27 heavy (non-hydrogen) atoms. The summed E-state index contributed by atoms with van der Waals surface area (Å²) < 4.78 is 0. The summed E-state index contributed by atoms with van der Waals surface area (Å²) in [5.41, 5.74) is 2.87. The fourth-order valence-electron chi connectivity index (χ4n) is 3.68. The number of piperidine rings is 1. The van der Waals surface area contributed by atoms with Gasteiger partial charge in [0.25, 0.3) is 11.8 Å². The van der Waals surface area contributed by atoms with E-state index in [1.807, 2.05) is 13.0 Å². The second kappa shape index (κ2) is 8.08. The molecule has 2 heterocycles. The number of hydrogen-bond acceptors (Lipinski definition) is 4. The Bertz CT molecular complexity index is 700. The molecular weight excluding hydrogens is 344 g/mol. The molecule has 146 valence electrons. The van der Waals surface area contributed by atoms with Gasteiger partial charge in [-0.2, -0.15) is 5.01 Å². The standard InChI is InChI=1S/C20H28N4O3/c1-3-20(2)18(26)24(19(27)21-20)22-17(25)14-23-11-9-16(10-12-23)13-15-7-5-4-6-8-15/h4-8,16H,3,9-14H2,1-2H3,(H,21,27)(H,22,25). The fraction of sp³-hybridized carbons (Fsp3) is 0.550. The Hall–Kier alpha value is -2.41. The molecule has 0 aromatic heterocycles. The smallest absolute Gasteiger partial charge is 0.322 e. The first-order valence-electron chi connectivity index (χ1n) is 9.64. The number of amides is 4. The maximum absolute atomic E-state index is 12.3. The normalized spacial score (nSPS) is 24.1. The number of nitrogens with one attached hydrogen (secondary N) is 2. The highest BCUT2D eigenvalue weighted by Crippen LogP contribution is 2.22. The van der Waals surface area contributed by atoms with Crippen molar-refractivity contribution >= 4 is 17.8 Å². The van der Waals surface area contributed by atoms with Crippen LogP contribution in [0.2, 0.25) is 0 Å². The Kier molecular flexibility index (Phi) is 5.79. The minimum Gasteiger partial charge on any atom is -0.322 e. The molecule has 3 rings (SSSR count). The molecule has 2 fully saturated rings. The topological polar surface area (TPSA) is 81.8 Å². The van der Waals surface area contributed by atoms with E-state index < -0.39 is 17.5 Å². The highest BCUT2D eigenvalue weighted by molar-refractivity contribution is 6.07. The minimum atomic E-state index is -0.944. The van der Waals surface area contributed by atoms with Crippen LogP contribution in [0.15, 0.2) is 30.3 Å². The Balaban J connectivity index is 1.45. The first kappa shape index (κ1) is 19.4. The van der Waals surface area contributed by atoms with Crippen LogP contribution in [-0.4, -0.2) is 52.9 Å². The minimum absolute atomic E-state index is 0.192. The number of rotatable bonds is 6. The van der Waals surface area contributed by atoms with Crippen molar-refractivity contribution < 1.29 is 14.4 Å². The molecule has 1 unspecified atom stereocenters. The van der Waals surface area contributed by atoms with Crippen molar-refractivity contribution in [2.75, 3.05) is 19.6 Å². The SMILES string of the molecule is CCC1(C)NC(=O)N(NC(=O)CN2CCC(Cc3ccccc3)CC2)C1=O. The Labute approximate surface area is 160 Å². The highest BCUT2D eigenvalue weighted by Gasteiger charge is 2.47. The van der Waals surface area contributed by atoms with Gasteiger partial charge in [-0.25, -0.2) is 4.79 Å². The van der Waals surface area contributed by atoms with E-state index in [4.69, 9.17) is 0 Å². The predicted octanol–water partition coefficient (Wildman–Crippen LogP) is 1.69. The third kappa shape index (κ3) is 4.47. The molecule has 4 amide bonds. The van der Waals surface area contributed by atoms with Gasteiger partial charge in [0.15, 0.2) is 0 Å². The fourth-order valence-corrected chi connectivity index (χ4v) is 3.68. The maximum Gasteiger partial charge on any atom is 0.344 e. The summed E-state index contributed by atoms with van der Waals surface area (Å²) in [7, 11) is 0. The molecule has 0 spiro atoms. The van der Waals surface area contributed by atoms with E-state index in [2.05, 4.69) is 39.9 Å². The summed E-state index contributed by atoms with van der Waals surface area (Å²) >= 11 is 0. The molecular formula is C20H28N4O3. The number of imide groups is 1. The van der Waals surface area contributed by atoms with Crippen molar-refractivity contribution in [3.8, 4) is 0 Å². The van der Waals surface area contributed by atoms with Gasteiger partial charge in [-0.1, -0.05) is 37.3 Å². The van der Waals surface area contributed by atoms with Gasteiger partial charge in [-0.3, -0.25) is 19.9 Å². The Morgan fingerprint density at radius 1 is 1.22 bits per heavy atom. The van der Waals surface area contributed by atoms with Crippen molar-refractivity contribution in [3.05, 3.63) is 35.9 Å². The molecule has 0 aliphatic carbocycles. The predicted molar refractivity (Wildman–Crippen MR) is 102 cm³/mol. The maximum atomic E-state index is 12.3. The lowest BCUT2D eigenvalue weighted by Gasteiger charge is -2.31. The molecule has 1 aromatic rings. The van der Waals surface area contributed by atoms with E-state index >= 15 is 0 Å². The van der Waals surface area contributed by atoms with Gasteiger partial charge in [0.1, 0.15) is 5.54 Å². The lowest BCUT2D eigenvalue weighted by atomic mass is 9.90. The van der Waals surface area contributed by atoms with Gasteiger partial charge in [0, 0.05) is 0 Å². The van der Waals surface area contributed by atoms with E-state index in [0.717, 1.165) is 37.4 Å². The largest absolute Gasteiger partial charge is 0.344 e. The van der Waals surface area contributed by atoms with Gasteiger partial charge in [-0.05, 0) is 57.2 Å². The van der Waals surface area contributed by atoms with Crippen LogP contribution in [0.25, 0.3) is 0 Å². The van der Waals surface area contributed by atoms with Gasteiger partial charge in [0.2, 0.25) is 0 Å². The van der Waals surface area contributed by atoms with Crippen molar-refractivity contribution in [1.29, 1.82) is 0 Å². The van der Waals surface area contributed by atoms with Gasteiger partial charge >= 0.3 is 6.03 Å². The first-order valence-corrected chi connectivity index (χ1v) is 9.64. The zero-order valence-electron chi connectivity index (χ0n) is 16.0. The third-order valence-corrected chi connectivity index (χ3v) is 5.65. The molecule has 1 atom stereocenters. The summed E-state index contributed by atoms with van der Waals surface area (Å²) in [4.78, 5) is 38.7. The van der Waals surface area contributed by atoms with Crippen LogP contribution in [0.4, 0.5) is 4.79 Å². The Morgan fingerprint density at radius 3 is 2.48 bits per heavy atom. The molecule has 2 aliphatic rings. The zero-order chi connectivity index (χ0) is 19.4. The molecule has 7 nitrogen and oxygen atoms in total. The molecule has 7 heteroatoms. The number of hydrogen-bond donors (Lipinski definition) is 2. The van der Waals surface area contributed by atoms with Crippen molar-refractivity contribution in [2.24, 2.45) is 5.92 Å². The van der Waals surface area contributed by atoms with Crippen LogP contribution in [-0.2, 0) is 16.0 Å². The van der Waals surface area contributed by atoms with Crippen LogP contribution in [0.3, 0.4) is 0 Å². The number of carbonyl (C=O) groups excluding carboxylic acids is 3. The lowest BCUT2D eigenvalue weighted by Crippen LogP contribution is -2.51. The van der Waals surface area contributed by atoms with Gasteiger partial charge in [-0.15, -0.1) is 0 Å². The zero-order valence-corrected chi connectivity index (χ0v) is 16.0. The van der Waals surface area contributed by atoms with Crippen LogP contribution in [0.1, 0.15) is 38.7 Å². The van der Waals surface area contributed by atoms with Gasteiger partial charge in [0.05, 0.1) is 6.54 Å². The van der Waals surface area contributed by atoms with E-state index in [0.29, 0.717) is 12.3 Å². The summed E-state index contributed by atoms with van der Waals surface area (Å²) in [5, 5.41) is 3.44. The van der Waals surface area contributed by atoms with Crippen LogP contribution in [0, 0.1) is 5.92 Å². The molecule has 0 radical (unpaired) electrons. The number of urea groups is 1. The molecule has 2 N–H and O–H groups in total. The van der Waals surface area contributed by atoms with Crippen LogP contribution < -0.4 is 10.7 Å². The molecule has 0 saturated carbocycles.